The number of nitrogens with one attached hydrogen (secondary N) is 2. The molecule has 0 unspecified atom stereocenters. The molecule has 2 aromatic heterocycles. The summed E-state index contributed by atoms with van der Waals surface area (Å²) in [6.07, 6.45) is -1.34. The van der Waals surface area contributed by atoms with E-state index in [1.165, 1.54) is 18.5 Å². The highest BCUT2D eigenvalue weighted by Gasteiger charge is 2.29. The lowest BCUT2D eigenvalue weighted by Crippen LogP contribution is -2.37. The summed E-state index contributed by atoms with van der Waals surface area (Å²) in [4.78, 5) is 32.6. The molecule has 9 nitrogen and oxygen atoms in total. The van der Waals surface area contributed by atoms with Crippen molar-refractivity contribution in [3.63, 3.8) is 0 Å². The molecule has 1 aliphatic rings. The van der Waals surface area contributed by atoms with E-state index in [1.807, 2.05) is 11.8 Å². The summed E-state index contributed by atoms with van der Waals surface area (Å²) < 4.78 is 43.7. The molecule has 0 atom stereocenters. The molecule has 1 fully saturated rings. The summed E-state index contributed by atoms with van der Waals surface area (Å²) in [7, 11) is 0. The minimum atomic E-state index is -4.40. The van der Waals surface area contributed by atoms with E-state index in [1.54, 1.807) is 24.4 Å². The zero-order valence-corrected chi connectivity index (χ0v) is 20.4. The number of carbonyl (C=O) groups excluding carboxylic acids is 1. The first-order chi connectivity index (χ1) is 18.3. The second-order valence-corrected chi connectivity index (χ2v) is 8.76. The number of alkyl halides is 3. The van der Waals surface area contributed by atoms with Gasteiger partial charge >= 0.3 is 6.18 Å². The van der Waals surface area contributed by atoms with Crippen LogP contribution in [0.15, 0.2) is 55.0 Å². The van der Waals surface area contributed by atoms with Gasteiger partial charge in [-0.15, -0.1) is 0 Å². The molecule has 38 heavy (non-hydrogen) atoms. The minimum Gasteiger partial charge on any atom is -0.378 e. The predicted molar refractivity (Wildman–Crippen MR) is 135 cm³/mol. The van der Waals surface area contributed by atoms with Crippen molar-refractivity contribution in [3.05, 3.63) is 77.2 Å². The third kappa shape index (κ3) is 5.65. The Hall–Kier alpha value is -4.32. The zero-order valence-electron chi connectivity index (χ0n) is 20.4. The third-order valence-electron chi connectivity index (χ3n) is 6.15. The van der Waals surface area contributed by atoms with Crippen molar-refractivity contribution in [2.24, 2.45) is 0 Å². The first kappa shape index (κ1) is 25.3. The Morgan fingerprint density at radius 1 is 1.05 bits per heavy atom. The quantitative estimate of drug-likeness (QED) is 0.386. The van der Waals surface area contributed by atoms with Crippen LogP contribution in [0.25, 0.3) is 11.0 Å². The largest absolute Gasteiger partial charge is 0.416 e. The lowest BCUT2D eigenvalue weighted by atomic mass is 10.1. The van der Waals surface area contributed by atoms with Crippen molar-refractivity contribution in [1.29, 1.82) is 0 Å². The second kappa shape index (κ2) is 10.6. The number of hydrogen-bond acceptors (Lipinski definition) is 8. The van der Waals surface area contributed by atoms with Gasteiger partial charge in [-0.2, -0.15) is 13.2 Å². The molecular weight excluding hydrogens is 499 g/mol. The highest BCUT2D eigenvalue weighted by atomic mass is 19.4. The van der Waals surface area contributed by atoms with Crippen LogP contribution < -0.4 is 15.5 Å². The van der Waals surface area contributed by atoms with Crippen molar-refractivity contribution in [2.75, 3.05) is 36.5 Å². The van der Waals surface area contributed by atoms with Gasteiger partial charge in [-0.05, 0) is 42.3 Å². The van der Waals surface area contributed by atoms with E-state index in [0.29, 0.717) is 65.9 Å². The summed E-state index contributed by atoms with van der Waals surface area (Å²) in [5.41, 5.74) is 2.84. The van der Waals surface area contributed by atoms with E-state index in [2.05, 4.69) is 30.6 Å². The molecule has 12 heteroatoms. The molecule has 1 amide bonds. The number of anilines is 3. The second-order valence-electron chi connectivity index (χ2n) is 8.76. The fourth-order valence-corrected chi connectivity index (χ4v) is 3.97. The molecule has 0 spiro atoms. The number of rotatable bonds is 6. The molecule has 196 valence electrons. The maximum Gasteiger partial charge on any atom is 0.416 e. The van der Waals surface area contributed by atoms with Gasteiger partial charge in [-0.25, -0.2) is 19.9 Å². The number of ether oxygens (including phenoxy) is 1. The van der Waals surface area contributed by atoms with E-state index < -0.39 is 11.7 Å². The van der Waals surface area contributed by atoms with Gasteiger partial charge in [0.05, 0.1) is 25.0 Å². The summed E-state index contributed by atoms with van der Waals surface area (Å²) >= 11 is 0. The SMILES string of the molecule is Cc1ccc(C(=O)NCc2ccc(C(F)(F)F)cc2)cc1Nc1ncnc2cnc(N3CCOCC3)nc12. The van der Waals surface area contributed by atoms with Crippen LogP contribution in [-0.4, -0.2) is 52.1 Å². The van der Waals surface area contributed by atoms with Gasteiger partial charge in [0, 0.05) is 30.9 Å². The number of aryl methyl sites for hydroxylation is 1. The molecule has 5 rings (SSSR count). The van der Waals surface area contributed by atoms with Crippen LogP contribution in [0.4, 0.5) is 30.6 Å². The Bertz CT molecular complexity index is 1460. The summed E-state index contributed by atoms with van der Waals surface area (Å²) in [5.74, 6) is 0.668. The maximum absolute atomic E-state index is 12.8. The van der Waals surface area contributed by atoms with Crippen LogP contribution in [0.1, 0.15) is 27.0 Å². The predicted octanol–water partition coefficient (Wildman–Crippen LogP) is 4.26. The Morgan fingerprint density at radius 3 is 2.55 bits per heavy atom. The number of carbonyl (C=O) groups is 1. The average molecular weight is 524 g/mol. The standard InChI is InChI=1S/C26H24F3N7O2/c1-16-2-5-18(24(37)30-13-17-3-6-19(7-4-17)26(27,28)29)12-20(16)34-23-22-21(32-15-33-23)14-31-25(35-22)36-8-10-38-11-9-36/h2-7,12,14-15H,8-11,13H2,1H3,(H,30,37)(H,32,33,34). The number of halogens is 3. The van der Waals surface area contributed by atoms with E-state index in [0.717, 1.165) is 17.7 Å². The number of amides is 1. The van der Waals surface area contributed by atoms with Gasteiger partial charge in [0.15, 0.2) is 5.82 Å². The molecule has 0 radical (unpaired) electrons. The summed E-state index contributed by atoms with van der Waals surface area (Å²) in [5, 5.41) is 6.01. The fraction of sp³-hybridized carbons (Fsp3) is 0.269. The maximum atomic E-state index is 12.8. The van der Waals surface area contributed by atoms with Gasteiger partial charge in [-0.1, -0.05) is 18.2 Å². The number of morpholine rings is 1. The highest BCUT2D eigenvalue weighted by molar-refractivity contribution is 5.96. The fourth-order valence-electron chi connectivity index (χ4n) is 3.97. The van der Waals surface area contributed by atoms with E-state index in [-0.39, 0.29) is 12.5 Å². The van der Waals surface area contributed by atoms with Gasteiger partial charge in [-0.3, -0.25) is 4.79 Å². The first-order valence-electron chi connectivity index (χ1n) is 11.9. The van der Waals surface area contributed by atoms with Crippen LogP contribution in [0.3, 0.4) is 0 Å². The van der Waals surface area contributed by atoms with Gasteiger partial charge in [0.2, 0.25) is 5.95 Å². The van der Waals surface area contributed by atoms with Crippen LogP contribution in [0.5, 0.6) is 0 Å². The number of nitrogens with zero attached hydrogens (tertiary/aromatic N) is 5. The lowest BCUT2D eigenvalue weighted by Gasteiger charge is -2.26. The molecule has 2 N–H and O–H groups in total. The Labute approximate surface area is 216 Å². The van der Waals surface area contributed by atoms with E-state index in [4.69, 9.17) is 4.74 Å². The Balaban J connectivity index is 1.33. The molecule has 4 aromatic rings. The van der Waals surface area contributed by atoms with Crippen molar-refractivity contribution < 1.29 is 22.7 Å². The molecule has 0 bridgehead atoms. The van der Waals surface area contributed by atoms with Crippen LogP contribution in [-0.2, 0) is 17.5 Å². The summed E-state index contributed by atoms with van der Waals surface area (Å²) in [6, 6.07) is 9.85. The number of fused-ring (bicyclic) bond motifs is 1. The van der Waals surface area contributed by atoms with Crippen LogP contribution in [0.2, 0.25) is 0 Å². The highest BCUT2D eigenvalue weighted by Crippen LogP contribution is 2.29. The van der Waals surface area contributed by atoms with Crippen molar-refractivity contribution in [2.45, 2.75) is 19.6 Å². The van der Waals surface area contributed by atoms with Crippen LogP contribution >= 0.6 is 0 Å². The van der Waals surface area contributed by atoms with Crippen molar-refractivity contribution >= 4 is 34.4 Å². The van der Waals surface area contributed by atoms with Gasteiger partial charge < -0.3 is 20.3 Å². The Morgan fingerprint density at radius 2 is 1.82 bits per heavy atom. The molecule has 1 saturated heterocycles. The number of benzene rings is 2. The molecule has 2 aromatic carbocycles. The van der Waals surface area contributed by atoms with Gasteiger partial charge in [0.25, 0.3) is 5.91 Å². The van der Waals surface area contributed by atoms with Crippen molar-refractivity contribution in [1.82, 2.24) is 25.3 Å². The van der Waals surface area contributed by atoms with E-state index >= 15 is 0 Å². The molecule has 3 heterocycles. The molecular formula is C26H24F3N7O2. The number of aromatic nitrogens is 4. The topological polar surface area (TPSA) is 105 Å². The van der Waals surface area contributed by atoms with Gasteiger partial charge in [0.1, 0.15) is 17.4 Å². The van der Waals surface area contributed by atoms with Crippen LogP contribution in [0, 0.1) is 6.92 Å². The molecule has 0 saturated carbocycles. The minimum absolute atomic E-state index is 0.0887. The molecule has 0 aliphatic carbocycles. The average Bonchev–Trinajstić information content (AvgIpc) is 2.93. The van der Waals surface area contributed by atoms with Crippen molar-refractivity contribution in [3.8, 4) is 0 Å². The zero-order chi connectivity index (χ0) is 26.7. The normalized spacial score (nSPS) is 13.9. The smallest absolute Gasteiger partial charge is 0.378 e. The third-order valence-corrected chi connectivity index (χ3v) is 6.15. The van der Waals surface area contributed by atoms with E-state index in [9.17, 15) is 18.0 Å². The lowest BCUT2D eigenvalue weighted by molar-refractivity contribution is -0.137. The first-order valence-corrected chi connectivity index (χ1v) is 11.9. The Kier molecular flexibility index (Phi) is 7.05. The monoisotopic (exact) mass is 523 g/mol. The number of hydrogen-bond donors (Lipinski definition) is 2. The summed E-state index contributed by atoms with van der Waals surface area (Å²) in [6.45, 7) is 4.56. The molecule has 1 aliphatic heterocycles.